The second kappa shape index (κ2) is 6.74. The second-order valence-electron chi connectivity index (χ2n) is 8.49. The minimum Gasteiger partial charge on any atom is -0.277 e. The lowest BCUT2D eigenvalue weighted by Crippen LogP contribution is -2.32. The van der Waals surface area contributed by atoms with Gasteiger partial charge in [-0.1, -0.05) is 30.4 Å². The Hall–Kier alpha value is -3.52. The molecule has 3 aromatic rings. The van der Waals surface area contributed by atoms with Crippen molar-refractivity contribution in [3.63, 3.8) is 0 Å². The molecule has 8 heteroatoms. The number of allylic oxidation sites excluding steroid dienone is 2. The van der Waals surface area contributed by atoms with Crippen molar-refractivity contribution in [2.45, 2.75) is 11.3 Å². The molecule has 1 saturated heterocycles. The molecule has 0 radical (unpaired) electrons. The van der Waals surface area contributed by atoms with E-state index in [2.05, 4.69) is 9.71 Å². The van der Waals surface area contributed by atoms with Gasteiger partial charge in [-0.25, -0.2) is 8.42 Å². The van der Waals surface area contributed by atoms with Gasteiger partial charge in [0.2, 0.25) is 11.8 Å². The van der Waals surface area contributed by atoms with Crippen LogP contribution in [0.4, 0.5) is 11.4 Å². The van der Waals surface area contributed by atoms with Crippen LogP contribution in [0.5, 0.6) is 0 Å². The quantitative estimate of drug-likeness (QED) is 0.491. The number of imide groups is 1. The number of hydrogen-bond acceptors (Lipinski definition) is 5. The molecule has 4 atom stereocenters. The molecule has 0 spiro atoms. The summed E-state index contributed by atoms with van der Waals surface area (Å²) < 4.78 is 28.5. The lowest BCUT2D eigenvalue weighted by molar-refractivity contribution is -0.123. The van der Waals surface area contributed by atoms with Gasteiger partial charge in [-0.15, -0.1) is 0 Å². The minimum atomic E-state index is -3.88. The summed E-state index contributed by atoms with van der Waals surface area (Å²) in [6.07, 6.45) is 6.57. The van der Waals surface area contributed by atoms with Crippen LogP contribution in [-0.2, 0) is 19.6 Å². The number of fused-ring (bicyclic) bond motifs is 6. The van der Waals surface area contributed by atoms with Gasteiger partial charge in [0.15, 0.2) is 0 Å². The Bertz CT molecular complexity index is 1380. The first-order chi connectivity index (χ1) is 15.4. The standard InChI is InChI=1S/C24H19N3O4S/c28-23-20-15-6-7-16(13-15)21(20)24(29)27(23)17-8-10-18(11-9-17)32(30,31)26-19-5-1-3-14-4-2-12-25-22(14)19/h1-12,15-16,20-21,26H,13H2/t15-,16?,20+,21-/m1/s1. The summed E-state index contributed by atoms with van der Waals surface area (Å²) in [4.78, 5) is 31.5. The molecular weight excluding hydrogens is 426 g/mol. The van der Waals surface area contributed by atoms with E-state index in [1.54, 1.807) is 24.4 Å². The molecule has 2 aliphatic carbocycles. The van der Waals surface area contributed by atoms with Crippen LogP contribution in [-0.4, -0.2) is 25.2 Å². The van der Waals surface area contributed by atoms with Gasteiger partial charge in [0.05, 0.1) is 33.6 Å². The third-order valence-electron chi connectivity index (χ3n) is 6.75. The number of sulfonamides is 1. The molecule has 6 rings (SSSR count). The van der Waals surface area contributed by atoms with E-state index >= 15 is 0 Å². The highest BCUT2D eigenvalue weighted by atomic mass is 32.2. The molecule has 2 fully saturated rings. The molecule has 160 valence electrons. The molecule has 1 N–H and O–H groups in total. The number of anilines is 2. The van der Waals surface area contributed by atoms with E-state index in [1.807, 2.05) is 24.3 Å². The van der Waals surface area contributed by atoms with E-state index in [9.17, 15) is 18.0 Å². The number of rotatable bonds is 4. The maximum Gasteiger partial charge on any atom is 0.261 e. The van der Waals surface area contributed by atoms with Crippen LogP contribution in [0.25, 0.3) is 10.9 Å². The first kappa shape index (κ1) is 19.2. The lowest BCUT2D eigenvalue weighted by Gasteiger charge is -2.18. The normalized spacial score (nSPS) is 26.2. The zero-order valence-electron chi connectivity index (χ0n) is 16.9. The van der Waals surface area contributed by atoms with Crippen molar-refractivity contribution in [1.82, 2.24) is 4.98 Å². The Morgan fingerprint density at radius 3 is 2.22 bits per heavy atom. The van der Waals surface area contributed by atoms with Gasteiger partial charge < -0.3 is 0 Å². The Labute approximate surface area is 184 Å². The van der Waals surface area contributed by atoms with Gasteiger partial charge in [0.1, 0.15) is 0 Å². The van der Waals surface area contributed by atoms with Crippen LogP contribution in [0.3, 0.4) is 0 Å². The number of benzene rings is 2. The fourth-order valence-electron chi connectivity index (χ4n) is 5.32. The first-order valence-corrected chi connectivity index (χ1v) is 12.0. The van der Waals surface area contributed by atoms with Crippen molar-refractivity contribution < 1.29 is 18.0 Å². The van der Waals surface area contributed by atoms with Crippen LogP contribution in [0.2, 0.25) is 0 Å². The fourth-order valence-corrected chi connectivity index (χ4v) is 6.39. The molecule has 2 amide bonds. The van der Waals surface area contributed by atoms with E-state index in [-0.39, 0.29) is 40.4 Å². The average molecular weight is 446 g/mol. The monoisotopic (exact) mass is 445 g/mol. The fraction of sp³-hybridized carbons (Fsp3) is 0.208. The molecule has 2 bridgehead atoms. The number of hydrogen-bond donors (Lipinski definition) is 1. The van der Waals surface area contributed by atoms with E-state index in [0.717, 1.165) is 11.8 Å². The maximum atomic E-state index is 13.0. The number of carbonyl (C=O) groups excluding carboxylic acids is 2. The number of para-hydroxylation sites is 1. The number of carbonyl (C=O) groups is 2. The third kappa shape index (κ3) is 2.72. The number of pyridine rings is 1. The topological polar surface area (TPSA) is 96.4 Å². The van der Waals surface area contributed by atoms with Crippen molar-refractivity contribution in [3.05, 3.63) is 72.9 Å². The summed E-state index contributed by atoms with van der Waals surface area (Å²) in [7, 11) is -3.88. The lowest BCUT2D eigenvalue weighted by atomic mass is 9.85. The highest BCUT2D eigenvalue weighted by Crippen LogP contribution is 2.53. The summed E-state index contributed by atoms with van der Waals surface area (Å²) in [5.41, 5.74) is 1.34. The number of amides is 2. The predicted molar refractivity (Wildman–Crippen MR) is 119 cm³/mol. The molecule has 1 aliphatic heterocycles. The third-order valence-corrected chi connectivity index (χ3v) is 8.13. The van der Waals surface area contributed by atoms with Gasteiger partial charge in [0, 0.05) is 11.6 Å². The predicted octanol–water partition coefficient (Wildman–Crippen LogP) is 3.35. The van der Waals surface area contributed by atoms with Crippen molar-refractivity contribution in [2.75, 3.05) is 9.62 Å². The molecule has 7 nitrogen and oxygen atoms in total. The van der Waals surface area contributed by atoms with Crippen LogP contribution in [0.15, 0.2) is 77.8 Å². The van der Waals surface area contributed by atoms with Crippen LogP contribution < -0.4 is 9.62 Å². The summed E-state index contributed by atoms with van der Waals surface area (Å²) in [6, 6.07) is 14.8. The summed E-state index contributed by atoms with van der Waals surface area (Å²) in [5.74, 6) is -0.697. The Kier molecular flexibility index (Phi) is 4.04. The maximum absolute atomic E-state index is 13.0. The number of nitrogens with one attached hydrogen (secondary N) is 1. The highest BCUT2D eigenvalue weighted by molar-refractivity contribution is 7.92. The van der Waals surface area contributed by atoms with Crippen molar-refractivity contribution in [2.24, 2.45) is 23.7 Å². The van der Waals surface area contributed by atoms with Crippen LogP contribution in [0.1, 0.15) is 6.42 Å². The summed E-state index contributed by atoms with van der Waals surface area (Å²) in [5, 5.41) is 0.822. The zero-order valence-corrected chi connectivity index (χ0v) is 17.7. The minimum absolute atomic E-state index is 0.0372. The van der Waals surface area contributed by atoms with Crippen molar-refractivity contribution in [1.29, 1.82) is 0 Å². The molecule has 1 saturated carbocycles. The summed E-state index contributed by atoms with van der Waals surface area (Å²) >= 11 is 0. The van der Waals surface area contributed by atoms with E-state index in [4.69, 9.17) is 0 Å². The van der Waals surface area contributed by atoms with Crippen molar-refractivity contribution in [3.8, 4) is 0 Å². The Morgan fingerprint density at radius 1 is 0.875 bits per heavy atom. The van der Waals surface area contributed by atoms with Crippen molar-refractivity contribution >= 4 is 44.1 Å². The van der Waals surface area contributed by atoms with E-state index < -0.39 is 10.0 Å². The number of nitrogens with zero attached hydrogens (tertiary/aromatic N) is 2. The SMILES string of the molecule is O=C1[C@H]2[C@@H]3C=CC(C3)[C@H]2C(=O)N1c1ccc(S(=O)(=O)Nc2cccc3cccnc23)cc1. The molecule has 1 aromatic heterocycles. The number of aromatic nitrogens is 1. The second-order valence-corrected chi connectivity index (χ2v) is 10.2. The molecule has 3 aliphatic rings. The van der Waals surface area contributed by atoms with Gasteiger partial charge >= 0.3 is 0 Å². The molecular formula is C24H19N3O4S. The van der Waals surface area contributed by atoms with Gasteiger partial charge in [-0.3, -0.25) is 24.2 Å². The molecule has 32 heavy (non-hydrogen) atoms. The van der Waals surface area contributed by atoms with Crippen LogP contribution in [0, 0.1) is 23.7 Å². The summed E-state index contributed by atoms with van der Waals surface area (Å²) in [6.45, 7) is 0. The van der Waals surface area contributed by atoms with Crippen LogP contribution >= 0.6 is 0 Å². The largest absolute Gasteiger partial charge is 0.277 e. The van der Waals surface area contributed by atoms with Gasteiger partial charge in [-0.05, 0) is 54.7 Å². The first-order valence-electron chi connectivity index (χ1n) is 10.5. The van der Waals surface area contributed by atoms with Gasteiger partial charge in [0.25, 0.3) is 10.0 Å². The van der Waals surface area contributed by atoms with E-state index in [1.165, 1.54) is 29.2 Å². The molecule has 2 aromatic carbocycles. The molecule has 2 heterocycles. The Balaban J connectivity index is 1.28. The molecule has 1 unspecified atom stereocenters. The zero-order chi connectivity index (χ0) is 22.0. The Morgan fingerprint density at radius 2 is 1.53 bits per heavy atom. The van der Waals surface area contributed by atoms with Gasteiger partial charge in [-0.2, -0.15) is 0 Å². The smallest absolute Gasteiger partial charge is 0.261 e. The average Bonchev–Trinajstić information content (AvgIpc) is 3.48. The van der Waals surface area contributed by atoms with E-state index in [0.29, 0.717) is 16.9 Å². The highest BCUT2D eigenvalue weighted by Gasteiger charge is 2.59.